The van der Waals surface area contributed by atoms with Gasteiger partial charge in [-0.25, -0.2) is 0 Å². The maximum absolute atomic E-state index is 10.4. The molecule has 17 heavy (non-hydrogen) atoms. The Balaban J connectivity index is 2.97. The van der Waals surface area contributed by atoms with E-state index in [0.29, 0.717) is 0 Å². The van der Waals surface area contributed by atoms with Crippen LogP contribution < -0.4 is 5.11 Å². The Morgan fingerprint density at radius 2 is 1.88 bits per heavy atom. The molecule has 100 valence electrons. The van der Waals surface area contributed by atoms with Gasteiger partial charge in [0.1, 0.15) is 30.5 Å². The minimum Gasteiger partial charge on any atom is -0.547 e. The average Bonchev–Trinajstić information content (AvgIpc) is 2.30. The number of rotatable bonds is 3. The van der Waals surface area contributed by atoms with Gasteiger partial charge in [0.15, 0.2) is 0 Å². The highest BCUT2D eigenvalue weighted by Crippen LogP contribution is 2.29. The minimum atomic E-state index is -2.68. The van der Waals surface area contributed by atoms with E-state index in [2.05, 4.69) is 4.74 Å². The van der Waals surface area contributed by atoms with Crippen molar-refractivity contribution < 1.29 is 45.3 Å². The molecule has 0 saturated carbocycles. The first-order chi connectivity index (χ1) is 7.74. The van der Waals surface area contributed by atoms with Gasteiger partial charge in [-0.2, -0.15) is 0 Å². The summed E-state index contributed by atoms with van der Waals surface area (Å²) in [5.74, 6) is -4.68. The summed E-state index contributed by atoms with van der Waals surface area (Å²) in [7, 11) is 0. The predicted octanol–water partition coefficient (Wildman–Crippen LogP) is -5.74. The number of carboxylic acids is 1. The lowest BCUT2D eigenvalue weighted by Crippen LogP contribution is -2.69. The third-order valence-corrected chi connectivity index (χ3v) is 2.59. The van der Waals surface area contributed by atoms with E-state index >= 15 is 0 Å². The number of aliphatic hydroxyl groups excluding tert-OH is 5. The van der Waals surface area contributed by atoms with E-state index in [9.17, 15) is 30.3 Å². The topological polar surface area (TPSA) is 171 Å². The second kappa shape index (κ2) is 4.82. The molecule has 1 aliphatic rings. The molecule has 0 aliphatic carbocycles. The fourth-order valence-electron chi connectivity index (χ4n) is 1.54. The van der Waals surface area contributed by atoms with Crippen LogP contribution in [0.25, 0.3) is 0 Å². The summed E-state index contributed by atoms with van der Waals surface area (Å²) < 4.78 is 4.52. The molecule has 1 unspecified atom stereocenters. The number of carboxylic acid groups (broad SMARTS) is 1. The zero-order chi connectivity index (χ0) is 13.4. The third kappa shape index (κ3) is 2.40. The molecule has 1 heterocycles. The van der Waals surface area contributed by atoms with Crippen molar-refractivity contribution in [2.24, 2.45) is 0 Å². The van der Waals surface area contributed by atoms with E-state index in [1.165, 1.54) is 0 Å². The van der Waals surface area contributed by atoms with Crippen molar-refractivity contribution in [3.8, 4) is 0 Å². The van der Waals surface area contributed by atoms with E-state index in [4.69, 9.17) is 10.2 Å². The van der Waals surface area contributed by atoms with Crippen LogP contribution in [0.4, 0.5) is 0 Å². The van der Waals surface area contributed by atoms with Gasteiger partial charge < -0.3 is 45.3 Å². The molecule has 6 N–H and O–H groups in total. The summed E-state index contributed by atoms with van der Waals surface area (Å²) in [5, 5.41) is 65.9. The minimum absolute atomic E-state index is 1.17. The van der Waals surface area contributed by atoms with Gasteiger partial charge >= 0.3 is 0 Å². The number of hydrogen-bond acceptors (Lipinski definition) is 9. The van der Waals surface area contributed by atoms with Crippen LogP contribution in [0.2, 0.25) is 0 Å². The highest BCUT2D eigenvalue weighted by atomic mass is 16.7. The van der Waals surface area contributed by atoms with E-state index in [-0.39, 0.29) is 0 Å². The molecule has 0 spiro atoms. The summed E-state index contributed by atoms with van der Waals surface area (Å²) in [6.45, 7) is -1.17. The van der Waals surface area contributed by atoms with Crippen molar-refractivity contribution in [1.82, 2.24) is 0 Å². The molecule has 1 aliphatic heterocycles. The van der Waals surface area contributed by atoms with Crippen LogP contribution >= 0.6 is 0 Å². The molecule has 6 atom stereocenters. The molecule has 1 rings (SSSR count). The number of hydrogen-bond donors (Lipinski definition) is 6. The molecule has 9 nitrogen and oxygen atoms in total. The largest absolute Gasteiger partial charge is 0.547 e. The Morgan fingerprint density at radius 1 is 1.35 bits per heavy atom. The standard InChI is InChI=1S/C8H14O9/c9-1-8(16)6(13)3(11)2(10)5(17-8)4(12)7(14)15/h2-6,9-13,16H,1H2,(H,14,15)/p-1/t2-,3+,4?,5+,6-,8+/m0/s1. The number of aliphatic carboxylic acids is 1. The normalized spacial score (nSPS) is 44.4. The van der Waals surface area contributed by atoms with Gasteiger partial charge in [-0.05, 0) is 0 Å². The van der Waals surface area contributed by atoms with Gasteiger partial charge in [0.25, 0.3) is 0 Å². The molecule has 0 bridgehead atoms. The highest BCUT2D eigenvalue weighted by Gasteiger charge is 2.54. The Labute approximate surface area is 95.1 Å². The summed E-state index contributed by atoms with van der Waals surface area (Å²) in [6.07, 6.45) is -10.3. The number of carbonyl (C=O) groups excluding carboxylic acids is 1. The van der Waals surface area contributed by atoms with Gasteiger partial charge in [0.05, 0.1) is 12.6 Å². The molecule has 1 saturated heterocycles. The average molecular weight is 253 g/mol. The maximum Gasteiger partial charge on any atom is 0.219 e. The predicted molar refractivity (Wildman–Crippen MR) is 45.9 cm³/mol. The monoisotopic (exact) mass is 253 g/mol. The van der Waals surface area contributed by atoms with Crippen LogP contribution in [0.1, 0.15) is 0 Å². The summed E-state index contributed by atoms with van der Waals surface area (Å²) >= 11 is 0. The number of ether oxygens (including phenoxy) is 1. The van der Waals surface area contributed by atoms with Crippen molar-refractivity contribution in [2.45, 2.75) is 36.3 Å². The molecule has 0 aromatic heterocycles. The van der Waals surface area contributed by atoms with Crippen molar-refractivity contribution in [2.75, 3.05) is 6.61 Å². The summed E-state index contributed by atoms with van der Waals surface area (Å²) in [6, 6.07) is 0. The zero-order valence-electron chi connectivity index (χ0n) is 8.50. The van der Waals surface area contributed by atoms with Crippen molar-refractivity contribution in [3.63, 3.8) is 0 Å². The van der Waals surface area contributed by atoms with Crippen LogP contribution in [-0.2, 0) is 9.53 Å². The molecule has 0 amide bonds. The first kappa shape index (κ1) is 14.3. The number of carbonyl (C=O) groups is 1. The first-order valence-electron chi connectivity index (χ1n) is 4.68. The Hall–Kier alpha value is -0.810. The lowest BCUT2D eigenvalue weighted by molar-refractivity contribution is -0.373. The van der Waals surface area contributed by atoms with Crippen LogP contribution in [0, 0.1) is 0 Å². The molecule has 0 aromatic rings. The number of aliphatic hydroxyl groups is 6. The van der Waals surface area contributed by atoms with Crippen molar-refractivity contribution >= 4 is 5.97 Å². The Bertz CT molecular complexity index is 295. The highest BCUT2D eigenvalue weighted by molar-refractivity contribution is 5.70. The fourth-order valence-corrected chi connectivity index (χ4v) is 1.54. The molecule has 9 heteroatoms. The third-order valence-electron chi connectivity index (χ3n) is 2.59. The molecular weight excluding hydrogens is 240 g/mol. The second-order valence-electron chi connectivity index (χ2n) is 3.78. The first-order valence-corrected chi connectivity index (χ1v) is 4.68. The van der Waals surface area contributed by atoms with Gasteiger partial charge in [-0.15, -0.1) is 0 Å². The Kier molecular flexibility index (Phi) is 4.04. The van der Waals surface area contributed by atoms with Crippen LogP contribution in [-0.4, -0.2) is 79.5 Å². The van der Waals surface area contributed by atoms with Crippen LogP contribution in [0.3, 0.4) is 0 Å². The molecule has 0 aromatic carbocycles. The molecular formula is C8H13O9-. The van der Waals surface area contributed by atoms with Crippen LogP contribution in [0.5, 0.6) is 0 Å². The van der Waals surface area contributed by atoms with E-state index in [1.54, 1.807) is 0 Å². The molecule has 1 fully saturated rings. The van der Waals surface area contributed by atoms with Gasteiger partial charge in [0.2, 0.25) is 5.79 Å². The van der Waals surface area contributed by atoms with E-state index in [0.717, 1.165) is 0 Å². The smallest absolute Gasteiger partial charge is 0.219 e. The molecule has 0 radical (unpaired) electrons. The van der Waals surface area contributed by atoms with E-state index in [1.807, 2.05) is 0 Å². The van der Waals surface area contributed by atoms with Crippen molar-refractivity contribution in [3.05, 3.63) is 0 Å². The SMILES string of the molecule is O=C([O-])C(O)[C@@H]1O[C@](O)(CO)[C@@H](O)[C@H](O)[C@@H]1O. The van der Waals surface area contributed by atoms with Gasteiger partial charge in [-0.3, -0.25) is 0 Å². The second-order valence-corrected chi connectivity index (χ2v) is 3.78. The fraction of sp³-hybridized carbons (Fsp3) is 0.875. The van der Waals surface area contributed by atoms with E-state index < -0.39 is 48.9 Å². The Morgan fingerprint density at radius 3 is 2.29 bits per heavy atom. The van der Waals surface area contributed by atoms with Gasteiger partial charge in [0, 0.05) is 0 Å². The summed E-state index contributed by atoms with van der Waals surface area (Å²) in [5.41, 5.74) is 0. The van der Waals surface area contributed by atoms with Crippen LogP contribution in [0.15, 0.2) is 0 Å². The zero-order valence-corrected chi connectivity index (χ0v) is 8.50. The summed E-state index contributed by atoms with van der Waals surface area (Å²) in [4.78, 5) is 10.4. The lowest BCUT2D eigenvalue weighted by Gasteiger charge is -2.46. The maximum atomic E-state index is 10.4. The van der Waals surface area contributed by atoms with Crippen molar-refractivity contribution in [1.29, 1.82) is 0 Å². The lowest BCUT2D eigenvalue weighted by atomic mass is 9.90. The van der Waals surface area contributed by atoms with Gasteiger partial charge in [-0.1, -0.05) is 0 Å². The quantitative estimate of drug-likeness (QED) is 0.286.